The molecule has 0 radical (unpaired) electrons. The summed E-state index contributed by atoms with van der Waals surface area (Å²) in [5, 5.41) is 11.1. The standard InChI is InChI=1S/C22H25N3O2/c1-15(2)12-17-8-7-11-19(13-17)23-21(26)14-20(18-9-5-4-6-10-18)22-25-24-16(3)27-22/h4-11,13,15,20H,12,14H2,1-3H3,(H,23,26). The molecule has 1 amide bonds. The van der Waals surface area contributed by atoms with Crippen molar-refractivity contribution in [1.82, 2.24) is 10.2 Å². The van der Waals surface area contributed by atoms with Crippen molar-refractivity contribution in [3.05, 3.63) is 77.5 Å². The molecule has 0 aliphatic rings. The Kier molecular flexibility index (Phi) is 6.01. The molecule has 5 nitrogen and oxygen atoms in total. The normalized spacial score (nSPS) is 12.1. The second-order valence-corrected chi connectivity index (χ2v) is 7.17. The van der Waals surface area contributed by atoms with Crippen LogP contribution in [0.2, 0.25) is 0 Å². The maximum absolute atomic E-state index is 12.7. The minimum atomic E-state index is -0.272. The molecule has 0 saturated heterocycles. The highest BCUT2D eigenvalue weighted by atomic mass is 16.4. The van der Waals surface area contributed by atoms with E-state index in [2.05, 4.69) is 35.4 Å². The third-order valence-electron chi connectivity index (χ3n) is 4.29. The van der Waals surface area contributed by atoms with Crippen LogP contribution in [0, 0.1) is 12.8 Å². The first-order chi connectivity index (χ1) is 13.0. The van der Waals surface area contributed by atoms with E-state index in [1.165, 1.54) is 5.56 Å². The Hall–Kier alpha value is -2.95. The second-order valence-electron chi connectivity index (χ2n) is 7.17. The van der Waals surface area contributed by atoms with Gasteiger partial charge < -0.3 is 9.73 Å². The molecule has 0 bridgehead atoms. The van der Waals surface area contributed by atoms with E-state index in [0.29, 0.717) is 17.7 Å². The van der Waals surface area contributed by atoms with Crippen molar-refractivity contribution in [2.75, 3.05) is 5.32 Å². The van der Waals surface area contributed by atoms with E-state index in [-0.39, 0.29) is 18.2 Å². The molecule has 140 valence electrons. The van der Waals surface area contributed by atoms with Gasteiger partial charge in [-0.15, -0.1) is 10.2 Å². The molecular formula is C22H25N3O2. The summed E-state index contributed by atoms with van der Waals surface area (Å²) in [7, 11) is 0. The molecule has 0 aliphatic carbocycles. The third kappa shape index (κ3) is 5.26. The fraction of sp³-hybridized carbons (Fsp3) is 0.318. The Labute approximate surface area is 159 Å². The molecule has 3 aromatic rings. The summed E-state index contributed by atoms with van der Waals surface area (Å²) in [4.78, 5) is 12.7. The minimum absolute atomic E-state index is 0.0820. The second kappa shape index (κ2) is 8.62. The van der Waals surface area contributed by atoms with Gasteiger partial charge >= 0.3 is 0 Å². The molecule has 1 aromatic heterocycles. The number of anilines is 1. The van der Waals surface area contributed by atoms with Crippen LogP contribution >= 0.6 is 0 Å². The number of nitrogens with zero attached hydrogens (tertiary/aromatic N) is 2. The van der Waals surface area contributed by atoms with Crippen molar-refractivity contribution in [2.45, 2.75) is 39.5 Å². The van der Waals surface area contributed by atoms with E-state index in [1.54, 1.807) is 6.92 Å². The van der Waals surface area contributed by atoms with Crippen molar-refractivity contribution < 1.29 is 9.21 Å². The number of hydrogen-bond acceptors (Lipinski definition) is 4. The van der Waals surface area contributed by atoms with Crippen molar-refractivity contribution in [3.63, 3.8) is 0 Å². The monoisotopic (exact) mass is 363 g/mol. The number of aryl methyl sites for hydroxylation is 1. The molecule has 3 rings (SSSR count). The molecule has 2 aromatic carbocycles. The van der Waals surface area contributed by atoms with Gasteiger partial charge in [-0.05, 0) is 35.6 Å². The number of hydrogen-bond donors (Lipinski definition) is 1. The summed E-state index contributed by atoms with van der Waals surface area (Å²) in [6, 6.07) is 17.8. The summed E-state index contributed by atoms with van der Waals surface area (Å²) in [5.74, 6) is 1.17. The highest BCUT2D eigenvalue weighted by Gasteiger charge is 2.23. The number of aromatic nitrogens is 2. The Morgan fingerprint density at radius 1 is 1.07 bits per heavy atom. The SMILES string of the molecule is Cc1nnc(C(CC(=O)Nc2cccc(CC(C)C)c2)c2ccccc2)o1. The molecule has 1 unspecified atom stereocenters. The van der Waals surface area contributed by atoms with Crippen LogP contribution in [-0.2, 0) is 11.2 Å². The summed E-state index contributed by atoms with van der Waals surface area (Å²) in [6.45, 7) is 6.11. The van der Waals surface area contributed by atoms with Gasteiger partial charge in [0.05, 0.1) is 5.92 Å². The van der Waals surface area contributed by atoms with Gasteiger partial charge in [-0.3, -0.25) is 4.79 Å². The molecule has 5 heteroatoms. The summed E-state index contributed by atoms with van der Waals surface area (Å²) in [5.41, 5.74) is 3.01. The number of rotatable bonds is 7. The zero-order valence-electron chi connectivity index (χ0n) is 16.0. The fourth-order valence-corrected chi connectivity index (χ4v) is 3.13. The number of amides is 1. The summed E-state index contributed by atoms with van der Waals surface area (Å²) < 4.78 is 5.61. The van der Waals surface area contributed by atoms with Gasteiger partial charge in [-0.2, -0.15) is 0 Å². The Bertz CT molecular complexity index is 887. The Balaban J connectivity index is 1.75. The van der Waals surface area contributed by atoms with Crippen LogP contribution in [0.5, 0.6) is 0 Å². The zero-order valence-corrected chi connectivity index (χ0v) is 16.0. The van der Waals surface area contributed by atoms with Crippen molar-refractivity contribution in [3.8, 4) is 0 Å². The number of carbonyl (C=O) groups is 1. The van der Waals surface area contributed by atoms with Crippen LogP contribution in [0.25, 0.3) is 0 Å². The molecule has 1 N–H and O–H groups in total. The van der Waals surface area contributed by atoms with E-state index < -0.39 is 0 Å². The topological polar surface area (TPSA) is 68.0 Å². The van der Waals surface area contributed by atoms with Gasteiger partial charge in [0.25, 0.3) is 0 Å². The number of carbonyl (C=O) groups excluding carboxylic acids is 1. The highest BCUT2D eigenvalue weighted by Crippen LogP contribution is 2.27. The molecular weight excluding hydrogens is 338 g/mol. The van der Waals surface area contributed by atoms with E-state index in [0.717, 1.165) is 17.7 Å². The molecule has 0 saturated carbocycles. The summed E-state index contributed by atoms with van der Waals surface area (Å²) >= 11 is 0. The molecule has 0 aliphatic heterocycles. The first-order valence-electron chi connectivity index (χ1n) is 9.25. The summed E-state index contributed by atoms with van der Waals surface area (Å²) in [6.07, 6.45) is 1.22. The van der Waals surface area contributed by atoms with E-state index >= 15 is 0 Å². The lowest BCUT2D eigenvalue weighted by atomic mass is 9.95. The molecule has 1 atom stereocenters. The Morgan fingerprint density at radius 3 is 2.52 bits per heavy atom. The average Bonchev–Trinajstić information content (AvgIpc) is 3.06. The fourth-order valence-electron chi connectivity index (χ4n) is 3.13. The van der Waals surface area contributed by atoms with Crippen LogP contribution in [0.15, 0.2) is 59.0 Å². The van der Waals surface area contributed by atoms with Crippen LogP contribution in [0.3, 0.4) is 0 Å². The lowest BCUT2D eigenvalue weighted by Crippen LogP contribution is -2.17. The van der Waals surface area contributed by atoms with Crippen molar-refractivity contribution >= 4 is 11.6 Å². The highest BCUT2D eigenvalue weighted by molar-refractivity contribution is 5.91. The Morgan fingerprint density at radius 2 is 1.85 bits per heavy atom. The van der Waals surface area contributed by atoms with E-state index in [4.69, 9.17) is 4.42 Å². The predicted octanol–water partition coefficient (Wildman–Crippen LogP) is 4.74. The number of benzene rings is 2. The van der Waals surface area contributed by atoms with Crippen molar-refractivity contribution in [1.29, 1.82) is 0 Å². The molecule has 1 heterocycles. The van der Waals surface area contributed by atoms with Crippen LogP contribution in [0.1, 0.15) is 49.1 Å². The first-order valence-corrected chi connectivity index (χ1v) is 9.25. The van der Waals surface area contributed by atoms with E-state index in [1.807, 2.05) is 48.5 Å². The quantitative estimate of drug-likeness (QED) is 0.658. The maximum Gasteiger partial charge on any atom is 0.225 e. The van der Waals surface area contributed by atoms with Crippen LogP contribution in [-0.4, -0.2) is 16.1 Å². The zero-order chi connectivity index (χ0) is 19.2. The third-order valence-corrected chi connectivity index (χ3v) is 4.29. The lowest BCUT2D eigenvalue weighted by molar-refractivity contribution is -0.116. The van der Waals surface area contributed by atoms with Gasteiger partial charge in [0.2, 0.25) is 17.7 Å². The van der Waals surface area contributed by atoms with Gasteiger partial charge in [-0.25, -0.2) is 0 Å². The molecule has 0 fully saturated rings. The first kappa shape index (κ1) is 18.8. The molecule has 0 spiro atoms. The van der Waals surface area contributed by atoms with Crippen molar-refractivity contribution in [2.24, 2.45) is 5.92 Å². The van der Waals surface area contributed by atoms with Crippen LogP contribution < -0.4 is 5.32 Å². The predicted molar refractivity (Wildman–Crippen MR) is 106 cm³/mol. The van der Waals surface area contributed by atoms with Gasteiger partial charge in [0.15, 0.2) is 0 Å². The maximum atomic E-state index is 12.7. The van der Waals surface area contributed by atoms with Gasteiger partial charge in [0, 0.05) is 19.0 Å². The van der Waals surface area contributed by atoms with E-state index in [9.17, 15) is 4.79 Å². The van der Waals surface area contributed by atoms with Gasteiger partial charge in [-0.1, -0.05) is 56.3 Å². The minimum Gasteiger partial charge on any atom is -0.425 e. The smallest absolute Gasteiger partial charge is 0.225 e. The van der Waals surface area contributed by atoms with Crippen LogP contribution in [0.4, 0.5) is 5.69 Å². The number of nitrogens with one attached hydrogen (secondary N) is 1. The largest absolute Gasteiger partial charge is 0.425 e. The average molecular weight is 363 g/mol. The van der Waals surface area contributed by atoms with Gasteiger partial charge in [0.1, 0.15) is 0 Å². The lowest BCUT2D eigenvalue weighted by Gasteiger charge is -2.14. The molecule has 27 heavy (non-hydrogen) atoms.